The average Bonchev–Trinajstić information content (AvgIpc) is 3.19. The highest BCUT2D eigenvalue weighted by Crippen LogP contribution is 2.35. The fourth-order valence-corrected chi connectivity index (χ4v) is 4.27. The molecule has 0 radical (unpaired) electrons. The number of piperidine rings is 1. The van der Waals surface area contributed by atoms with Gasteiger partial charge in [-0.1, -0.05) is 0 Å². The van der Waals surface area contributed by atoms with Gasteiger partial charge in [0.1, 0.15) is 23.4 Å². The lowest BCUT2D eigenvalue weighted by Crippen LogP contribution is -2.41. The second-order valence-electron chi connectivity index (χ2n) is 9.68. The summed E-state index contributed by atoms with van der Waals surface area (Å²) in [6.45, 7) is 8.17. The first-order valence-corrected chi connectivity index (χ1v) is 11.7. The van der Waals surface area contributed by atoms with Crippen LogP contribution in [0.3, 0.4) is 0 Å². The maximum absolute atomic E-state index is 13.9. The van der Waals surface area contributed by atoms with Crippen LogP contribution in [0.25, 0.3) is 22.3 Å². The van der Waals surface area contributed by atoms with Crippen LogP contribution in [0.15, 0.2) is 24.5 Å². The molecule has 1 amide bonds. The minimum absolute atomic E-state index is 0.0149. The Morgan fingerprint density at radius 2 is 2.03 bits per heavy atom. The summed E-state index contributed by atoms with van der Waals surface area (Å²) in [5, 5.41) is 19.2. The van der Waals surface area contributed by atoms with Crippen molar-refractivity contribution < 1.29 is 18.8 Å². The number of benzene rings is 1. The summed E-state index contributed by atoms with van der Waals surface area (Å²) in [6.07, 6.45) is 2.46. The first-order chi connectivity index (χ1) is 17.0. The molecular weight excluding hydrogens is 471 g/mol. The molecule has 0 unspecified atom stereocenters. The Labute approximate surface area is 206 Å². The summed E-state index contributed by atoms with van der Waals surface area (Å²) in [7, 11) is 0. The zero-order valence-electron chi connectivity index (χ0n) is 20.4. The van der Waals surface area contributed by atoms with Crippen molar-refractivity contribution in [1.29, 1.82) is 0 Å². The van der Waals surface area contributed by atoms with Crippen LogP contribution in [-0.4, -0.2) is 67.4 Å². The number of nitrogen functional groups attached to an aromatic ring is 1. The van der Waals surface area contributed by atoms with E-state index in [0.29, 0.717) is 35.4 Å². The molecule has 12 nitrogen and oxygen atoms in total. The van der Waals surface area contributed by atoms with Gasteiger partial charge in [-0.3, -0.25) is 10.1 Å². The third kappa shape index (κ3) is 5.51. The third-order valence-corrected chi connectivity index (χ3v) is 5.93. The van der Waals surface area contributed by atoms with Crippen molar-refractivity contribution in [2.24, 2.45) is 0 Å². The summed E-state index contributed by atoms with van der Waals surface area (Å²) in [5.41, 5.74) is 6.21. The number of aromatic nitrogens is 4. The molecule has 2 aromatic heterocycles. The molecule has 0 bridgehead atoms. The third-order valence-electron chi connectivity index (χ3n) is 5.93. The van der Waals surface area contributed by atoms with E-state index in [1.54, 1.807) is 4.68 Å². The number of hydrogen-bond donors (Lipinski definition) is 2. The number of fused-ring (bicyclic) bond motifs is 1. The van der Waals surface area contributed by atoms with Gasteiger partial charge in [-0.05, 0) is 45.7 Å². The van der Waals surface area contributed by atoms with E-state index in [1.165, 1.54) is 12.4 Å². The molecule has 1 saturated heterocycles. The predicted octanol–water partition coefficient (Wildman–Crippen LogP) is 3.28. The number of nitrogens with one attached hydrogen (secondary N) is 1. The quantitative estimate of drug-likeness (QED) is 0.383. The van der Waals surface area contributed by atoms with Crippen LogP contribution in [-0.2, 0) is 4.74 Å². The second kappa shape index (κ2) is 10.0. The van der Waals surface area contributed by atoms with E-state index in [1.807, 2.05) is 20.8 Å². The van der Waals surface area contributed by atoms with Gasteiger partial charge >= 0.3 is 11.8 Å². The number of nitro groups is 1. The molecule has 0 saturated carbocycles. The number of ether oxygens (including phenoxy) is 1. The first-order valence-electron chi connectivity index (χ1n) is 11.7. The average molecular weight is 501 g/mol. The number of anilines is 1. The SMILES string of the molecule is CC(C)(C)OC(=O)NCCN1CCC(n2nc(-c3ccc(F)c([N+](=O)[O-])c3)c3c(N)ncnc32)CC1. The van der Waals surface area contributed by atoms with Crippen LogP contribution in [0.1, 0.15) is 39.7 Å². The molecule has 4 rings (SSSR count). The Hall–Kier alpha value is -3.87. The van der Waals surface area contributed by atoms with Crippen LogP contribution in [0.5, 0.6) is 0 Å². The Morgan fingerprint density at radius 1 is 1.31 bits per heavy atom. The van der Waals surface area contributed by atoms with E-state index in [4.69, 9.17) is 15.6 Å². The molecule has 0 atom stereocenters. The summed E-state index contributed by atoms with van der Waals surface area (Å²) in [5.74, 6) is -0.732. The van der Waals surface area contributed by atoms with Crippen LogP contribution >= 0.6 is 0 Å². The fraction of sp³-hybridized carbons (Fsp3) is 0.478. The van der Waals surface area contributed by atoms with E-state index in [-0.39, 0.29) is 11.9 Å². The summed E-state index contributed by atoms with van der Waals surface area (Å²) < 4.78 is 21.0. The monoisotopic (exact) mass is 500 g/mol. The van der Waals surface area contributed by atoms with Gasteiger partial charge in [0, 0.05) is 37.8 Å². The highest BCUT2D eigenvalue weighted by atomic mass is 19.1. The van der Waals surface area contributed by atoms with Gasteiger partial charge in [0.2, 0.25) is 5.82 Å². The lowest BCUT2D eigenvalue weighted by atomic mass is 10.1. The molecule has 1 aliphatic rings. The zero-order chi connectivity index (χ0) is 26.0. The van der Waals surface area contributed by atoms with Crippen LogP contribution in [0, 0.1) is 15.9 Å². The number of halogens is 1. The molecule has 1 aromatic carbocycles. The molecule has 3 heterocycles. The topological polar surface area (TPSA) is 154 Å². The maximum Gasteiger partial charge on any atom is 0.407 e. The molecule has 0 spiro atoms. The molecule has 13 heteroatoms. The van der Waals surface area contributed by atoms with Crippen LogP contribution in [0.2, 0.25) is 0 Å². The van der Waals surface area contributed by atoms with Crippen LogP contribution < -0.4 is 11.1 Å². The Balaban J connectivity index is 1.49. The minimum Gasteiger partial charge on any atom is -0.444 e. The van der Waals surface area contributed by atoms with Gasteiger partial charge < -0.3 is 20.7 Å². The normalized spacial score (nSPS) is 15.2. The Morgan fingerprint density at radius 3 is 2.69 bits per heavy atom. The number of carbonyl (C=O) groups excluding carboxylic acids is 1. The molecular formula is C23H29FN8O4. The van der Waals surface area contributed by atoms with Crippen molar-refractivity contribution in [2.45, 2.75) is 45.3 Å². The number of hydrogen-bond acceptors (Lipinski definition) is 9. The van der Waals surface area contributed by atoms with E-state index in [2.05, 4.69) is 20.2 Å². The van der Waals surface area contributed by atoms with Crippen LogP contribution in [0.4, 0.5) is 20.7 Å². The van der Waals surface area contributed by atoms with Crippen molar-refractivity contribution >= 4 is 28.6 Å². The van der Waals surface area contributed by atoms with Crippen molar-refractivity contribution in [3.05, 3.63) is 40.5 Å². The van der Waals surface area contributed by atoms with E-state index < -0.39 is 28.1 Å². The molecule has 1 aliphatic heterocycles. The van der Waals surface area contributed by atoms with Gasteiger partial charge in [-0.25, -0.2) is 19.4 Å². The van der Waals surface area contributed by atoms with Crippen molar-refractivity contribution in [2.75, 3.05) is 31.9 Å². The number of nitro benzene ring substituents is 1. The largest absolute Gasteiger partial charge is 0.444 e. The van der Waals surface area contributed by atoms with Gasteiger partial charge in [-0.2, -0.15) is 9.49 Å². The van der Waals surface area contributed by atoms with Gasteiger partial charge in [0.15, 0.2) is 5.65 Å². The van der Waals surface area contributed by atoms with Crippen molar-refractivity contribution in [3.8, 4) is 11.3 Å². The molecule has 3 N–H and O–H groups in total. The number of nitrogens with zero attached hydrogens (tertiary/aromatic N) is 6. The van der Waals surface area contributed by atoms with E-state index >= 15 is 0 Å². The second-order valence-corrected chi connectivity index (χ2v) is 9.68. The molecule has 3 aromatic rings. The van der Waals surface area contributed by atoms with Crippen molar-refractivity contribution in [1.82, 2.24) is 30.0 Å². The molecule has 36 heavy (non-hydrogen) atoms. The summed E-state index contributed by atoms with van der Waals surface area (Å²) >= 11 is 0. The number of carbonyl (C=O) groups is 1. The fourth-order valence-electron chi connectivity index (χ4n) is 4.27. The lowest BCUT2D eigenvalue weighted by Gasteiger charge is -2.32. The standard InChI is InChI=1S/C23H29FN8O4/c1-23(2,3)36-22(33)26-8-11-30-9-6-15(7-10-30)31-21-18(20(25)27-13-28-21)19(29-31)14-4-5-16(24)17(12-14)32(34)35/h4-5,12-13,15H,6-11H2,1-3H3,(H,26,33)(H2,25,27,28). The molecule has 0 aliphatic carbocycles. The first kappa shape index (κ1) is 25.2. The Kier molecular flexibility index (Phi) is 7.02. The predicted molar refractivity (Wildman–Crippen MR) is 131 cm³/mol. The highest BCUT2D eigenvalue weighted by molar-refractivity contribution is 5.98. The minimum atomic E-state index is -0.926. The van der Waals surface area contributed by atoms with Gasteiger partial charge in [0.25, 0.3) is 0 Å². The summed E-state index contributed by atoms with van der Waals surface area (Å²) in [4.78, 5) is 33.0. The van der Waals surface area contributed by atoms with E-state index in [9.17, 15) is 19.3 Å². The molecule has 1 fully saturated rings. The van der Waals surface area contributed by atoms with Gasteiger partial charge in [0.05, 0.1) is 16.4 Å². The highest BCUT2D eigenvalue weighted by Gasteiger charge is 2.27. The number of alkyl carbamates (subject to hydrolysis) is 1. The summed E-state index contributed by atoms with van der Waals surface area (Å²) in [6, 6.07) is 3.64. The number of rotatable bonds is 6. The molecule has 192 valence electrons. The van der Waals surface area contributed by atoms with Gasteiger partial charge in [-0.15, -0.1) is 0 Å². The Bertz CT molecular complexity index is 1280. The zero-order valence-corrected chi connectivity index (χ0v) is 20.4. The maximum atomic E-state index is 13.9. The van der Waals surface area contributed by atoms with Crippen molar-refractivity contribution in [3.63, 3.8) is 0 Å². The van der Waals surface area contributed by atoms with E-state index in [0.717, 1.165) is 38.1 Å². The number of likely N-dealkylation sites (tertiary alicyclic amines) is 1. The number of amides is 1. The number of nitrogens with two attached hydrogens (primary N) is 1. The lowest BCUT2D eigenvalue weighted by molar-refractivity contribution is -0.387. The smallest absolute Gasteiger partial charge is 0.407 e.